The maximum atomic E-state index is 5.25. The fraction of sp³-hybridized carbons (Fsp3) is 0.467. The number of nitrogens with one attached hydrogen (secondary N) is 4. The Bertz CT molecular complexity index is 465. The maximum absolute atomic E-state index is 5.25. The lowest BCUT2D eigenvalue weighted by Gasteiger charge is -2.14. The highest BCUT2D eigenvalue weighted by molar-refractivity contribution is 7.80. The standard InChI is InChI=1S/C15H24N4OS2/c1-3-12-6-8-13(9-7-12)17-15(22)19-18-14(21)16-10-5-11-20-4-2/h6-9H,3-5,10-11H2,1-2H3,(H2,16,18,21)(H2,17,19,22). The number of thiocarbonyl (C=S) groups is 2. The third kappa shape index (κ3) is 8.11. The highest BCUT2D eigenvalue weighted by Gasteiger charge is 1.99. The zero-order valence-electron chi connectivity index (χ0n) is 13.1. The Kier molecular flexibility index (Phi) is 9.45. The second-order valence-electron chi connectivity index (χ2n) is 4.56. The normalized spacial score (nSPS) is 9.91. The number of hydrogen-bond acceptors (Lipinski definition) is 3. The zero-order valence-corrected chi connectivity index (χ0v) is 14.7. The van der Waals surface area contributed by atoms with Crippen molar-refractivity contribution >= 4 is 40.3 Å². The molecular formula is C15H24N4OS2. The van der Waals surface area contributed by atoms with Crippen molar-refractivity contribution in [1.82, 2.24) is 16.2 Å². The van der Waals surface area contributed by atoms with E-state index in [1.807, 2.05) is 19.1 Å². The summed E-state index contributed by atoms with van der Waals surface area (Å²) in [5.41, 5.74) is 7.92. The molecule has 0 bridgehead atoms. The van der Waals surface area contributed by atoms with E-state index in [9.17, 15) is 0 Å². The van der Waals surface area contributed by atoms with Crippen molar-refractivity contribution in [2.24, 2.45) is 0 Å². The topological polar surface area (TPSA) is 57.4 Å². The van der Waals surface area contributed by atoms with Gasteiger partial charge in [0.1, 0.15) is 0 Å². The molecule has 0 saturated carbocycles. The van der Waals surface area contributed by atoms with Crippen LogP contribution < -0.4 is 21.5 Å². The van der Waals surface area contributed by atoms with E-state index in [2.05, 4.69) is 40.5 Å². The predicted octanol–water partition coefficient (Wildman–Crippen LogP) is 2.34. The first kappa shape index (κ1) is 18.6. The van der Waals surface area contributed by atoms with Crippen LogP contribution in [0.25, 0.3) is 0 Å². The summed E-state index contributed by atoms with van der Waals surface area (Å²) in [7, 11) is 0. The zero-order chi connectivity index (χ0) is 16.2. The third-order valence-corrected chi connectivity index (χ3v) is 3.32. The molecule has 1 aromatic carbocycles. The summed E-state index contributed by atoms with van der Waals surface area (Å²) in [4.78, 5) is 0. The van der Waals surface area contributed by atoms with Crippen molar-refractivity contribution in [1.29, 1.82) is 0 Å². The van der Waals surface area contributed by atoms with Crippen molar-refractivity contribution in [3.8, 4) is 0 Å². The van der Waals surface area contributed by atoms with Gasteiger partial charge in [-0.05, 0) is 61.9 Å². The Balaban J connectivity index is 2.17. The predicted molar refractivity (Wildman–Crippen MR) is 100 cm³/mol. The molecular weight excluding hydrogens is 316 g/mol. The minimum atomic E-state index is 0.461. The van der Waals surface area contributed by atoms with Crippen molar-refractivity contribution in [3.05, 3.63) is 29.8 Å². The largest absolute Gasteiger partial charge is 0.382 e. The SMILES string of the molecule is CCOCCCNC(=S)NNC(=S)Nc1ccc(CC)cc1. The molecule has 0 fully saturated rings. The van der Waals surface area contributed by atoms with Crippen molar-refractivity contribution in [2.75, 3.05) is 25.1 Å². The molecule has 0 saturated heterocycles. The minimum Gasteiger partial charge on any atom is -0.382 e. The molecule has 0 aliphatic rings. The molecule has 4 N–H and O–H groups in total. The van der Waals surface area contributed by atoms with E-state index in [4.69, 9.17) is 29.2 Å². The first-order valence-electron chi connectivity index (χ1n) is 7.43. The summed E-state index contributed by atoms with van der Waals surface area (Å²) in [5, 5.41) is 7.11. The molecule has 1 rings (SSSR count). The van der Waals surface area contributed by atoms with Gasteiger partial charge in [0.2, 0.25) is 0 Å². The van der Waals surface area contributed by atoms with E-state index in [0.29, 0.717) is 10.2 Å². The number of aryl methyl sites for hydroxylation is 1. The summed E-state index contributed by atoms with van der Waals surface area (Å²) in [6.45, 7) is 6.33. The average molecular weight is 341 g/mol. The number of rotatable bonds is 7. The summed E-state index contributed by atoms with van der Waals surface area (Å²) in [6, 6.07) is 8.14. The lowest BCUT2D eigenvalue weighted by molar-refractivity contribution is 0.145. The van der Waals surface area contributed by atoms with Crippen molar-refractivity contribution in [3.63, 3.8) is 0 Å². The Morgan fingerprint density at radius 1 is 1.05 bits per heavy atom. The van der Waals surface area contributed by atoms with Gasteiger partial charge in [0.15, 0.2) is 10.2 Å². The van der Waals surface area contributed by atoms with E-state index in [1.165, 1.54) is 5.56 Å². The van der Waals surface area contributed by atoms with Gasteiger partial charge in [-0.15, -0.1) is 0 Å². The van der Waals surface area contributed by atoms with Crippen LogP contribution in [-0.2, 0) is 11.2 Å². The molecule has 122 valence electrons. The number of benzene rings is 1. The Hall–Kier alpha value is -1.44. The summed E-state index contributed by atoms with van der Waals surface area (Å²) in [5.74, 6) is 0. The average Bonchev–Trinajstić information content (AvgIpc) is 2.53. The Morgan fingerprint density at radius 3 is 2.36 bits per heavy atom. The molecule has 0 spiro atoms. The summed E-state index contributed by atoms with van der Waals surface area (Å²) < 4.78 is 5.25. The lowest BCUT2D eigenvalue weighted by Crippen LogP contribution is -2.48. The van der Waals surface area contributed by atoms with Crippen LogP contribution in [-0.4, -0.2) is 30.0 Å². The van der Waals surface area contributed by atoms with Crippen LogP contribution in [0.4, 0.5) is 5.69 Å². The highest BCUT2D eigenvalue weighted by atomic mass is 32.1. The number of hydrogen-bond donors (Lipinski definition) is 4. The first-order valence-corrected chi connectivity index (χ1v) is 8.24. The molecule has 1 aromatic rings. The molecule has 0 aliphatic carbocycles. The van der Waals surface area contributed by atoms with Gasteiger partial charge in [0.25, 0.3) is 0 Å². The van der Waals surface area contributed by atoms with Gasteiger partial charge in [-0.2, -0.15) is 0 Å². The Labute approximate surface area is 143 Å². The van der Waals surface area contributed by atoms with Gasteiger partial charge in [0, 0.05) is 25.4 Å². The molecule has 0 atom stereocenters. The molecule has 0 unspecified atom stereocenters. The van der Waals surface area contributed by atoms with Gasteiger partial charge in [-0.3, -0.25) is 10.9 Å². The fourth-order valence-corrected chi connectivity index (χ4v) is 1.99. The van der Waals surface area contributed by atoms with Crippen LogP contribution in [0.3, 0.4) is 0 Å². The van der Waals surface area contributed by atoms with Crippen LogP contribution in [0.5, 0.6) is 0 Å². The van der Waals surface area contributed by atoms with Gasteiger partial charge in [-0.25, -0.2) is 0 Å². The van der Waals surface area contributed by atoms with Gasteiger partial charge in [-0.1, -0.05) is 19.1 Å². The van der Waals surface area contributed by atoms with Gasteiger partial charge >= 0.3 is 0 Å². The lowest BCUT2D eigenvalue weighted by atomic mass is 10.1. The molecule has 0 radical (unpaired) electrons. The molecule has 5 nitrogen and oxygen atoms in total. The van der Waals surface area contributed by atoms with E-state index in [1.54, 1.807) is 0 Å². The van der Waals surface area contributed by atoms with Crippen molar-refractivity contribution in [2.45, 2.75) is 26.7 Å². The summed E-state index contributed by atoms with van der Waals surface area (Å²) >= 11 is 10.3. The van der Waals surface area contributed by atoms with Crippen LogP contribution in [0.2, 0.25) is 0 Å². The molecule has 7 heteroatoms. The van der Waals surface area contributed by atoms with Crippen molar-refractivity contribution < 1.29 is 4.74 Å². The quantitative estimate of drug-likeness (QED) is 0.345. The number of ether oxygens (including phenoxy) is 1. The molecule has 0 heterocycles. The second-order valence-corrected chi connectivity index (χ2v) is 5.38. The van der Waals surface area contributed by atoms with Crippen LogP contribution in [0, 0.1) is 0 Å². The van der Waals surface area contributed by atoms with E-state index in [-0.39, 0.29) is 0 Å². The molecule has 0 amide bonds. The van der Waals surface area contributed by atoms with Crippen LogP contribution in [0.15, 0.2) is 24.3 Å². The van der Waals surface area contributed by atoms with Crippen LogP contribution in [0.1, 0.15) is 25.8 Å². The highest BCUT2D eigenvalue weighted by Crippen LogP contribution is 2.09. The second kappa shape index (κ2) is 11.2. The van der Waals surface area contributed by atoms with Crippen LogP contribution >= 0.6 is 24.4 Å². The van der Waals surface area contributed by atoms with Gasteiger partial charge in [0.05, 0.1) is 0 Å². The Morgan fingerprint density at radius 2 is 1.73 bits per heavy atom. The van der Waals surface area contributed by atoms with Gasteiger partial charge < -0.3 is 15.4 Å². The monoisotopic (exact) mass is 340 g/mol. The van der Waals surface area contributed by atoms with E-state index >= 15 is 0 Å². The smallest absolute Gasteiger partial charge is 0.189 e. The maximum Gasteiger partial charge on any atom is 0.189 e. The number of anilines is 1. The molecule has 0 aromatic heterocycles. The summed E-state index contributed by atoms with van der Waals surface area (Å²) in [6.07, 6.45) is 1.93. The van der Waals surface area contributed by atoms with E-state index < -0.39 is 0 Å². The first-order chi connectivity index (χ1) is 10.7. The molecule has 0 aliphatic heterocycles. The molecule has 22 heavy (non-hydrogen) atoms. The third-order valence-electron chi connectivity index (χ3n) is 2.86. The minimum absolute atomic E-state index is 0.461. The number of hydrazine groups is 1. The fourth-order valence-electron chi connectivity index (χ4n) is 1.66. The van der Waals surface area contributed by atoms with E-state index in [0.717, 1.165) is 38.3 Å².